The molecule has 1 aromatic heterocycles. The van der Waals surface area contributed by atoms with Crippen LogP contribution in [0.4, 0.5) is 26.3 Å². The highest BCUT2D eigenvalue weighted by Gasteiger charge is 2.36. The van der Waals surface area contributed by atoms with Gasteiger partial charge < -0.3 is 9.30 Å². The van der Waals surface area contributed by atoms with Crippen LogP contribution in [0.1, 0.15) is 23.6 Å². The number of nitrogens with zero attached hydrogens (tertiary/aromatic N) is 1. The van der Waals surface area contributed by atoms with Crippen LogP contribution in [0.3, 0.4) is 0 Å². The predicted octanol–water partition coefficient (Wildman–Crippen LogP) is 6.28. The summed E-state index contributed by atoms with van der Waals surface area (Å²) >= 11 is 0. The molecule has 3 rings (SSSR count). The van der Waals surface area contributed by atoms with Crippen molar-refractivity contribution in [1.82, 2.24) is 4.57 Å². The molecule has 2 nitrogen and oxygen atoms in total. The van der Waals surface area contributed by atoms with Gasteiger partial charge in [-0.15, -0.1) is 0 Å². The van der Waals surface area contributed by atoms with E-state index in [4.69, 9.17) is 4.74 Å². The number of rotatable bonds is 4. The molecule has 2 aromatic carbocycles. The van der Waals surface area contributed by atoms with Crippen LogP contribution in [0.5, 0.6) is 5.75 Å². The van der Waals surface area contributed by atoms with Crippen molar-refractivity contribution in [2.45, 2.75) is 32.4 Å². The second-order valence-electron chi connectivity index (χ2n) is 5.99. The molecular formula is C19H15F6NO. The van der Waals surface area contributed by atoms with E-state index in [2.05, 4.69) is 0 Å². The molecule has 0 radical (unpaired) electrons. The summed E-state index contributed by atoms with van der Waals surface area (Å²) in [5, 5.41) is 0.738. The Balaban J connectivity index is 1.93. The van der Waals surface area contributed by atoms with E-state index in [0.717, 1.165) is 17.4 Å². The third-order valence-corrected chi connectivity index (χ3v) is 4.16. The van der Waals surface area contributed by atoms with Gasteiger partial charge in [0.25, 0.3) is 0 Å². The first-order valence-corrected chi connectivity index (χ1v) is 8.08. The van der Waals surface area contributed by atoms with E-state index in [9.17, 15) is 26.3 Å². The third-order valence-electron chi connectivity index (χ3n) is 4.16. The number of halogens is 6. The molecule has 0 amide bonds. The lowest BCUT2D eigenvalue weighted by molar-refractivity contribution is -0.143. The summed E-state index contributed by atoms with van der Waals surface area (Å²) in [6.07, 6.45) is -7.92. The monoisotopic (exact) mass is 387 g/mol. The van der Waals surface area contributed by atoms with E-state index in [1.165, 1.54) is 0 Å². The number of benzene rings is 2. The molecule has 0 spiro atoms. The lowest BCUT2D eigenvalue weighted by Gasteiger charge is -2.15. The Morgan fingerprint density at radius 1 is 0.889 bits per heavy atom. The zero-order valence-electron chi connectivity index (χ0n) is 14.2. The summed E-state index contributed by atoms with van der Waals surface area (Å²) in [4.78, 5) is 0. The van der Waals surface area contributed by atoms with Crippen LogP contribution in [0, 0.1) is 0 Å². The lowest BCUT2D eigenvalue weighted by atomic mass is 10.1. The van der Waals surface area contributed by atoms with Gasteiger partial charge in [-0.25, -0.2) is 0 Å². The maximum Gasteiger partial charge on any atom is 0.416 e. The summed E-state index contributed by atoms with van der Waals surface area (Å²) in [6.45, 7) is 2.26. The van der Waals surface area contributed by atoms with E-state index in [1.807, 2.05) is 23.8 Å². The standard InChI is InChI=1S/C19H15F6NO/c1-2-26-7-6-15-16(26)4-3-5-17(15)27-11-12-8-13(18(20,21)22)10-14(9-12)19(23,24)25/h3-10H,2,11H2,1H3. The van der Waals surface area contributed by atoms with Crippen molar-refractivity contribution in [1.29, 1.82) is 0 Å². The smallest absolute Gasteiger partial charge is 0.416 e. The predicted molar refractivity (Wildman–Crippen MR) is 88.4 cm³/mol. The quantitative estimate of drug-likeness (QED) is 0.481. The summed E-state index contributed by atoms with van der Waals surface area (Å²) < 4.78 is 85.1. The van der Waals surface area contributed by atoms with Gasteiger partial charge in [0.2, 0.25) is 0 Å². The van der Waals surface area contributed by atoms with Gasteiger partial charge in [0.1, 0.15) is 12.4 Å². The summed E-state index contributed by atoms with van der Waals surface area (Å²) in [6, 6.07) is 8.45. The highest BCUT2D eigenvalue weighted by atomic mass is 19.4. The minimum Gasteiger partial charge on any atom is -0.488 e. The molecule has 0 saturated heterocycles. The fraction of sp³-hybridized carbons (Fsp3) is 0.263. The van der Waals surface area contributed by atoms with Gasteiger partial charge in [-0.3, -0.25) is 0 Å². The molecule has 0 aliphatic rings. The minimum absolute atomic E-state index is 0.103. The van der Waals surface area contributed by atoms with E-state index < -0.39 is 30.1 Å². The van der Waals surface area contributed by atoms with Crippen molar-refractivity contribution in [3.63, 3.8) is 0 Å². The van der Waals surface area contributed by atoms with Crippen molar-refractivity contribution >= 4 is 10.9 Å². The average Bonchev–Trinajstić information content (AvgIpc) is 3.02. The molecule has 0 atom stereocenters. The molecule has 1 heterocycles. The topological polar surface area (TPSA) is 14.2 Å². The van der Waals surface area contributed by atoms with E-state index in [1.54, 1.807) is 18.2 Å². The highest BCUT2D eigenvalue weighted by molar-refractivity contribution is 5.86. The van der Waals surface area contributed by atoms with E-state index in [0.29, 0.717) is 17.9 Å². The van der Waals surface area contributed by atoms with Gasteiger partial charge in [0, 0.05) is 18.1 Å². The van der Waals surface area contributed by atoms with Crippen molar-refractivity contribution in [2.75, 3.05) is 0 Å². The molecule has 3 aromatic rings. The average molecular weight is 387 g/mol. The first-order valence-electron chi connectivity index (χ1n) is 8.08. The maximum absolute atomic E-state index is 12.9. The Morgan fingerprint density at radius 3 is 2.07 bits per heavy atom. The van der Waals surface area contributed by atoms with Crippen LogP contribution < -0.4 is 4.74 Å². The molecule has 0 bridgehead atoms. The van der Waals surface area contributed by atoms with Crippen LogP contribution in [0.15, 0.2) is 48.7 Å². The van der Waals surface area contributed by atoms with Crippen LogP contribution in [-0.2, 0) is 25.5 Å². The third kappa shape index (κ3) is 4.04. The number of fused-ring (bicyclic) bond motifs is 1. The molecule has 0 unspecified atom stereocenters. The van der Waals surface area contributed by atoms with E-state index in [-0.39, 0.29) is 11.6 Å². The Labute approximate surface area is 151 Å². The maximum atomic E-state index is 12.9. The molecule has 8 heteroatoms. The van der Waals surface area contributed by atoms with Gasteiger partial charge in [0.15, 0.2) is 0 Å². The number of alkyl halides is 6. The Kier molecular flexibility index (Phi) is 4.84. The number of hydrogen-bond acceptors (Lipinski definition) is 1. The molecular weight excluding hydrogens is 372 g/mol. The Bertz CT molecular complexity index is 923. The highest BCUT2D eigenvalue weighted by Crippen LogP contribution is 2.36. The van der Waals surface area contributed by atoms with Crippen molar-refractivity contribution < 1.29 is 31.1 Å². The fourth-order valence-corrected chi connectivity index (χ4v) is 2.86. The summed E-state index contributed by atoms with van der Waals surface area (Å²) in [5.41, 5.74) is -2.04. The zero-order chi connectivity index (χ0) is 19.8. The molecule has 0 aliphatic carbocycles. The zero-order valence-corrected chi connectivity index (χ0v) is 14.2. The van der Waals surface area contributed by atoms with Crippen LogP contribution >= 0.6 is 0 Å². The van der Waals surface area contributed by atoms with Crippen molar-refractivity contribution in [3.05, 3.63) is 65.4 Å². The first-order chi connectivity index (χ1) is 12.6. The first kappa shape index (κ1) is 19.1. The number of aryl methyl sites for hydroxylation is 1. The van der Waals surface area contributed by atoms with Crippen molar-refractivity contribution in [3.8, 4) is 5.75 Å². The van der Waals surface area contributed by atoms with E-state index >= 15 is 0 Å². The molecule has 0 N–H and O–H groups in total. The normalized spacial score (nSPS) is 12.6. The summed E-state index contributed by atoms with van der Waals surface area (Å²) in [7, 11) is 0. The second-order valence-corrected chi connectivity index (χ2v) is 5.99. The SMILES string of the molecule is CCn1ccc2c(OCc3cc(C(F)(F)F)cc(C(F)(F)F)c3)cccc21. The molecule has 27 heavy (non-hydrogen) atoms. The van der Waals surface area contributed by atoms with Crippen LogP contribution in [-0.4, -0.2) is 4.57 Å². The second kappa shape index (κ2) is 6.83. The van der Waals surface area contributed by atoms with Gasteiger partial charge in [0.05, 0.1) is 16.6 Å². The summed E-state index contributed by atoms with van der Waals surface area (Å²) in [5.74, 6) is 0.394. The largest absolute Gasteiger partial charge is 0.488 e. The number of aromatic nitrogens is 1. The molecule has 144 valence electrons. The van der Waals surface area contributed by atoms with Gasteiger partial charge in [-0.1, -0.05) is 6.07 Å². The molecule has 0 saturated carbocycles. The Hall–Kier alpha value is -2.64. The van der Waals surface area contributed by atoms with Crippen LogP contribution in [0.25, 0.3) is 10.9 Å². The van der Waals surface area contributed by atoms with Gasteiger partial charge >= 0.3 is 12.4 Å². The minimum atomic E-state index is -4.88. The number of hydrogen-bond donors (Lipinski definition) is 0. The Morgan fingerprint density at radius 2 is 1.52 bits per heavy atom. The number of ether oxygens (including phenoxy) is 1. The molecule has 0 aliphatic heterocycles. The lowest BCUT2D eigenvalue weighted by Crippen LogP contribution is -2.12. The van der Waals surface area contributed by atoms with Gasteiger partial charge in [-0.2, -0.15) is 26.3 Å². The van der Waals surface area contributed by atoms with Gasteiger partial charge in [-0.05, 0) is 48.9 Å². The van der Waals surface area contributed by atoms with Crippen molar-refractivity contribution in [2.24, 2.45) is 0 Å². The van der Waals surface area contributed by atoms with Crippen LogP contribution in [0.2, 0.25) is 0 Å². The molecule has 0 fully saturated rings. The fourth-order valence-electron chi connectivity index (χ4n) is 2.86.